The minimum Gasteiger partial charge on any atom is -0.467 e. The molecule has 0 heterocycles. The smallest absolute Gasteiger partial charge is 0.189 e. The Labute approximate surface area is 108 Å². The molecule has 0 radical (unpaired) electrons. The summed E-state index contributed by atoms with van der Waals surface area (Å²) in [7, 11) is 0. The highest BCUT2D eigenvalue weighted by Gasteiger charge is 2.11. The van der Waals surface area contributed by atoms with E-state index < -0.39 is 0 Å². The lowest BCUT2D eigenvalue weighted by Gasteiger charge is -2.15. The van der Waals surface area contributed by atoms with E-state index in [4.69, 9.17) is 26.8 Å². The van der Waals surface area contributed by atoms with Gasteiger partial charge in [-0.1, -0.05) is 24.6 Å². The summed E-state index contributed by atoms with van der Waals surface area (Å²) in [6, 6.07) is 5.71. The molecule has 17 heavy (non-hydrogen) atoms. The highest BCUT2D eigenvalue weighted by atomic mass is 35.5. The normalized spacial score (nSPS) is 12.5. The Balaban J connectivity index is 2.76. The van der Waals surface area contributed by atoms with Gasteiger partial charge in [0.25, 0.3) is 0 Å². The number of nitrogens with two attached hydrogens (primary N) is 1. The van der Waals surface area contributed by atoms with E-state index in [0.717, 1.165) is 24.2 Å². The quantitative estimate of drug-likeness (QED) is 0.603. The zero-order valence-electron chi connectivity index (χ0n) is 10.4. The third-order valence-corrected chi connectivity index (χ3v) is 2.92. The van der Waals surface area contributed by atoms with Crippen LogP contribution in [0.15, 0.2) is 18.2 Å². The topological polar surface area (TPSA) is 44.5 Å². The molecule has 0 saturated heterocycles. The first-order valence-electron chi connectivity index (χ1n) is 5.92. The fourth-order valence-electron chi connectivity index (χ4n) is 1.47. The second-order valence-corrected chi connectivity index (χ2v) is 4.25. The maximum Gasteiger partial charge on any atom is 0.189 e. The van der Waals surface area contributed by atoms with Gasteiger partial charge in [-0.05, 0) is 31.9 Å². The van der Waals surface area contributed by atoms with Crippen molar-refractivity contribution in [2.45, 2.75) is 32.7 Å². The summed E-state index contributed by atoms with van der Waals surface area (Å²) >= 11 is 6.17. The van der Waals surface area contributed by atoms with Crippen molar-refractivity contribution < 1.29 is 9.47 Å². The minimum absolute atomic E-state index is 0.101. The lowest BCUT2D eigenvalue weighted by molar-refractivity contribution is 0.0218. The van der Waals surface area contributed by atoms with Crippen molar-refractivity contribution in [1.29, 1.82) is 0 Å². The van der Waals surface area contributed by atoms with Gasteiger partial charge >= 0.3 is 0 Å². The van der Waals surface area contributed by atoms with Crippen LogP contribution in [0.1, 0.15) is 25.8 Å². The molecule has 0 aliphatic heterocycles. The van der Waals surface area contributed by atoms with Crippen LogP contribution in [0.2, 0.25) is 5.02 Å². The predicted molar refractivity (Wildman–Crippen MR) is 70.5 cm³/mol. The van der Waals surface area contributed by atoms with E-state index in [2.05, 4.69) is 6.92 Å². The van der Waals surface area contributed by atoms with Crippen LogP contribution >= 0.6 is 11.6 Å². The molecule has 1 rings (SSSR count). The van der Waals surface area contributed by atoms with Crippen LogP contribution in [0.5, 0.6) is 5.75 Å². The lowest BCUT2D eigenvalue weighted by Crippen LogP contribution is -2.22. The molecular weight excluding hydrogens is 238 g/mol. The van der Waals surface area contributed by atoms with Crippen molar-refractivity contribution in [3.8, 4) is 5.75 Å². The van der Waals surface area contributed by atoms with E-state index in [1.54, 1.807) is 0 Å². The number of hydrogen-bond donors (Lipinski definition) is 1. The first-order valence-corrected chi connectivity index (χ1v) is 6.30. The van der Waals surface area contributed by atoms with E-state index >= 15 is 0 Å². The van der Waals surface area contributed by atoms with Crippen molar-refractivity contribution >= 4 is 11.6 Å². The average molecular weight is 258 g/mol. The molecule has 1 atom stereocenters. The van der Waals surface area contributed by atoms with Crippen molar-refractivity contribution in [3.05, 3.63) is 28.8 Å². The number of halogens is 1. The summed E-state index contributed by atoms with van der Waals surface area (Å²) in [5.74, 6) is 0.759. The lowest BCUT2D eigenvalue weighted by atomic mass is 10.0. The van der Waals surface area contributed by atoms with Gasteiger partial charge in [0.1, 0.15) is 5.75 Å². The number of hydrogen-bond acceptors (Lipinski definition) is 3. The molecule has 0 bridgehead atoms. The van der Waals surface area contributed by atoms with Gasteiger partial charge in [-0.2, -0.15) is 0 Å². The molecule has 0 aliphatic carbocycles. The minimum atomic E-state index is 0.101. The van der Waals surface area contributed by atoms with E-state index in [0.29, 0.717) is 11.6 Å². The molecule has 96 valence electrons. The highest BCUT2D eigenvalue weighted by molar-refractivity contribution is 6.31. The molecule has 1 unspecified atom stereocenters. The average Bonchev–Trinajstić information content (AvgIpc) is 2.33. The molecular formula is C13H20ClNO2. The molecule has 1 aromatic carbocycles. The zero-order chi connectivity index (χ0) is 12.7. The van der Waals surface area contributed by atoms with Crippen LogP contribution in [0.25, 0.3) is 0 Å². The molecule has 0 saturated carbocycles. The Hall–Kier alpha value is -0.770. The highest BCUT2D eigenvalue weighted by Crippen LogP contribution is 2.27. The van der Waals surface area contributed by atoms with Gasteiger partial charge in [0.2, 0.25) is 0 Å². The Morgan fingerprint density at radius 3 is 2.76 bits per heavy atom. The van der Waals surface area contributed by atoms with Gasteiger partial charge in [0.15, 0.2) is 6.79 Å². The van der Waals surface area contributed by atoms with Gasteiger partial charge < -0.3 is 15.2 Å². The molecule has 2 N–H and O–H groups in total. The third kappa shape index (κ3) is 4.54. The van der Waals surface area contributed by atoms with Crippen LogP contribution in [0.3, 0.4) is 0 Å². The van der Waals surface area contributed by atoms with Gasteiger partial charge in [-0.15, -0.1) is 0 Å². The van der Waals surface area contributed by atoms with Crippen LogP contribution in [0, 0.1) is 0 Å². The fourth-order valence-corrected chi connectivity index (χ4v) is 1.71. The van der Waals surface area contributed by atoms with E-state index in [-0.39, 0.29) is 12.8 Å². The van der Waals surface area contributed by atoms with E-state index in [9.17, 15) is 0 Å². The zero-order valence-corrected chi connectivity index (χ0v) is 11.2. The van der Waals surface area contributed by atoms with E-state index in [1.165, 1.54) is 0 Å². The predicted octanol–water partition coefficient (Wildman–Crippen LogP) is 2.99. The molecule has 3 nitrogen and oxygen atoms in total. The number of rotatable bonds is 7. The standard InChI is InChI=1S/C13H20ClNO2/c1-3-10(15)8-11-12(14)6-5-7-13(11)17-9-16-4-2/h5-7,10H,3-4,8-9,15H2,1-2H3. The van der Waals surface area contributed by atoms with Crippen LogP contribution < -0.4 is 10.5 Å². The third-order valence-electron chi connectivity index (χ3n) is 2.57. The Bertz CT molecular complexity index is 344. The van der Waals surface area contributed by atoms with Gasteiger partial charge in [-0.25, -0.2) is 0 Å². The maximum absolute atomic E-state index is 6.17. The summed E-state index contributed by atoms with van der Waals surface area (Å²) < 4.78 is 10.7. The summed E-state index contributed by atoms with van der Waals surface area (Å²) in [4.78, 5) is 0. The SMILES string of the molecule is CCOCOc1cccc(Cl)c1CC(N)CC. The van der Waals surface area contributed by atoms with Gasteiger partial charge in [0, 0.05) is 23.2 Å². The summed E-state index contributed by atoms with van der Waals surface area (Å²) in [5.41, 5.74) is 6.91. The number of benzene rings is 1. The second kappa shape index (κ2) is 7.54. The van der Waals surface area contributed by atoms with Crippen molar-refractivity contribution in [3.63, 3.8) is 0 Å². The summed E-state index contributed by atoms with van der Waals surface area (Å²) in [5, 5.41) is 0.697. The maximum atomic E-state index is 6.17. The van der Waals surface area contributed by atoms with Crippen molar-refractivity contribution in [1.82, 2.24) is 0 Å². The second-order valence-electron chi connectivity index (χ2n) is 3.84. The molecule has 1 aromatic rings. The summed E-state index contributed by atoms with van der Waals surface area (Å²) in [6.07, 6.45) is 1.63. The molecule has 0 fully saturated rings. The van der Waals surface area contributed by atoms with Crippen LogP contribution in [-0.4, -0.2) is 19.4 Å². The molecule has 4 heteroatoms. The monoisotopic (exact) mass is 257 g/mol. The molecule has 0 spiro atoms. The van der Waals surface area contributed by atoms with Crippen LogP contribution in [-0.2, 0) is 11.2 Å². The first-order chi connectivity index (χ1) is 8.19. The Morgan fingerprint density at radius 2 is 2.12 bits per heavy atom. The fraction of sp³-hybridized carbons (Fsp3) is 0.538. The van der Waals surface area contributed by atoms with Gasteiger partial charge in [0.05, 0.1) is 0 Å². The first kappa shape index (κ1) is 14.3. The molecule has 0 amide bonds. The summed E-state index contributed by atoms with van der Waals surface area (Å²) in [6.45, 7) is 4.85. The molecule has 0 aliphatic rings. The van der Waals surface area contributed by atoms with Crippen molar-refractivity contribution in [2.75, 3.05) is 13.4 Å². The van der Waals surface area contributed by atoms with Crippen LogP contribution in [0.4, 0.5) is 0 Å². The van der Waals surface area contributed by atoms with E-state index in [1.807, 2.05) is 25.1 Å². The van der Waals surface area contributed by atoms with Crippen molar-refractivity contribution in [2.24, 2.45) is 5.73 Å². The Morgan fingerprint density at radius 1 is 1.35 bits per heavy atom. The Kier molecular flexibility index (Phi) is 6.34. The van der Waals surface area contributed by atoms with Gasteiger partial charge in [-0.3, -0.25) is 0 Å². The number of ether oxygens (including phenoxy) is 2. The largest absolute Gasteiger partial charge is 0.467 e. The molecule has 0 aromatic heterocycles.